The van der Waals surface area contributed by atoms with E-state index in [1.807, 2.05) is 13.8 Å². The van der Waals surface area contributed by atoms with Crippen molar-refractivity contribution < 1.29 is 14.7 Å². The molecule has 0 aliphatic rings. The first-order valence-corrected chi connectivity index (χ1v) is 7.22. The van der Waals surface area contributed by atoms with Crippen LogP contribution in [0, 0.1) is 0 Å². The third kappa shape index (κ3) is 4.59. The van der Waals surface area contributed by atoms with Crippen molar-refractivity contribution in [3.05, 3.63) is 10.6 Å². The number of hydrogen-bond donors (Lipinski definition) is 2. The number of amides is 1. The van der Waals surface area contributed by atoms with Gasteiger partial charge in [0.1, 0.15) is 10.9 Å². The molecule has 1 aromatic heterocycles. The Morgan fingerprint density at radius 2 is 2.11 bits per heavy atom. The van der Waals surface area contributed by atoms with Crippen LogP contribution in [0.1, 0.15) is 54.9 Å². The summed E-state index contributed by atoms with van der Waals surface area (Å²) in [6.07, 6.45) is 3.63. The summed E-state index contributed by atoms with van der Waals surface area (Å²) in [5.41, 5.74) is 0.643. The molecule has 0 radical (unpaired) electrons. The SMILES string of the molecule is CCCC[C@H](NC(=O)c1snnc1CCC)C(=O)O. The van der Waals surface area contributed by atoms with Crippen molar-refractivity contribution in [2.24, 2.45) is 0 Å². The maximum atomic E-state index is 12.0. The number of nitrogens with one attached hydrogen (secondary N) is 1. The second-order valence-corrected chi connectivity index (χ2v) is 5.06. The highest BCUT2D eigenvalue weighted by Crippen LogP contribution is 2.13. The van der Waals surface area contributed by atoms with Crippen LogP contribution in [0.2, 0.25) is 0 Å². The van der Waals surface area contributed by atoms with Crippen LogP contribution >= 0.6 is 11.5 Å². The summed E-state index contributed by atoms with van der Waals surface area (Å²) in [5, 5.41) is 15.5. The average molecular weight is 285 g/mol. The van der Waals surface area contributed by atoms with Gasteiger partial charge in [-0.2, -0.15) is 0 Å². The van der Waals surface area contributed by atoms with Gasteiger partial charge in [0.25, 0.3) is 5.91 Å². The lowest BCUT2D eigenvalue weighted by molar-refractivity contribution is -0.139. The largest absolute Gasteiger partial charge is 0.480 e. The second kappa shape index (κ2) is 7.83. The Morgan fingerprint density at radius 1 is 1.37 bits per heavy atom. The summed E-state index contributed by atoms with van der Waals surface area (Å²) in [4.78, 5) is 23.5. The van der Waals surface area contributed by atoms with Crippen LogP contribution < -0.4 is 5.32 Å². The molecule has 0 aliphatic carbocycles. The molecule has 0 bridgehead atoms. The van der Waals surface area contributed by atoms with Crippen molar-refractivity contribution >= 4 is 23.4 Å². The van der Waals surface area contributed by atoms with Gasteiger partial charge in [-0.05, 0) is 24.4 Å². The van der Waals surface area contributed by atoms with Crippen molar-refractivity contribution in [2.75, 3.05) is 0 Å². The van der Waals surface area contributed by atoms with Crippen molar-refractivity contribution in [3.8, 4) is 0 Å². The molecule has 0 fully saturated rings. The Morgan fingerprint density at radius 3 is 2.68 bits per heavy atom. The third-order valence-corrected chi connectivity index (χ3v) is 3.47. The molecular formula is C12H19N3O3S. The minimum atomic E-state index is -1.00. The van der Waals surface area contributed by atoms with E-state index in [4.69, 9.17) is 5.11 Å². The molecule has 6 nitrogen and oxygen atoms in total. The number of rotatable bonds is 8. The lowest BCUT2D eigenvalue weighted by Gasteiger charge is -2.13. The number of aromatic nitrogens is 2. The fourth-order valence-corrected chi connectivity index (χ4v) is 2.28. The highest BCUT2D eigenvalue weighted by molar-refractivity contribution is 7.08. The predicted molar refractivity (Wildman–Crippen MR) is 72.3 cm³/mol. The van der Waals surface area contributed by atoms with Gasteiger partial charge in [-0.1, -0.05) is 37.6 Å². The summed E-state index contributed by atoms with van der Waals surface area (Å²) >= 11 is 1.01. The highest BCUT2D eigenvalue weighted by Gasteiger charge is 2.23. The van der Waals surface area contributed by atoms with E-state index in [1.54, 1.807) is 0 Å². The molecule has 7 heteroatoms. The van der Waals surface area contributed by atoms with Crippen LogP contribution in [0.4, 0.5) is 0 Å². The monoisotopic (exact) mass is 285 g/mol. The van der Waals surface area contributed by atoms with Crippen LogP contribution in [0.25, 0.3) is 0 Å². The minimum absolute atomic E-state index is 0.387. The molecule has 1 heterocycles. The molecular weight excluding hydrogens is 266 g/mol. The Balaban J connectivity index is 2.70. The normalized spacial score (nSPS) is 12.1. The van der Waals surface area contributed by atoms with Gasteiger partial charge in [0.2, 0.25) is 0 Å². The summed E-state index contributed by atoms with van der Waals surface area (Å²) in [6.45, 7) is 3.97. The van der Waals surface area contributed by atoms with Gasteiger partial charge in [0.15, 0.2) is 0 Å². The fraction of sp³-hybridized carbons (Fsp3) is 0.667. The number of carboxylic acid groups (broad SMARTS) is 1. The number of carbonyl (C=O) groups excluding carboxylic acids is 1. The number of carbonyl (C=O) groups is 2. The summed E-state index contributed by atoms with van der Waals surface area (Å²) in [6, 6.07) is -0.843. The first-order valence-electron chi connectivity index (χ1n) is 6.45. The number of hydrogen-bond acceptors (Lipinski definition) is 5. The first-order chi connectivity index (χ1) is 9.10. The van der Waals surface area contributed by atoms with Crippen molar-refractivity contribution in [3.63, 3.8) is 0 Å². The molecule has 0 spiro atoms. The van der Waals surface area contributed by atoms with Gasteiger partial charge < -0.3 is 10.4 Å². The minimum Gasteiger partial charge on any atom is -0.480 e. The number of carboxylic acids is 1. The van der Waals surface area contributed by atoms with Gasteiger partial charge in [-0.15, -0.1) is 5.10 Å². The van der Waals surface area contributed by atoms with E-state index in [0.29, 0.717) is 23.4 Å². The van der Waals surface area contributed by atoms with Crippen molar-refractivity contribution in [1.82, 2.24) is 14.9 Å². The number of aliphatic carboxylic acids is 1. The average Bonchev–Trinajstić information content (AvgIpc) is 2.82. The second-order valence-electron chi connectivity index (χ2n) is 4.31. The van der Waals surface area contributed by atoms with Gasteiger partial charge in [-0.25, -0.2) is 4.79 Å². The number of aryl methyl sites for hydroxylation is 1. The summed E-state index contributed by atoms with van der Waals surface area (Å²) in [5.74, 6) is -1.39. The molecule has 19 heavy (non-hydrogen) atoms. The van der Waals surface area contributed by atoms with Gasteiger partial charge >= 0.3 is 5.97 Å². The smallest absolute Gasteiger partial charge is 0.326 e. The number of unbranched alkanes of at least 4 members (excludes halogenated alkanes) is 1. The van der Waals surface area contributed by atoms with E-state index >= 15 is 0 Å². The topological polar surface area (TPSA) is 92.2 Å². The standard InChI is InChI=1S/C12H19N3O3S/c1-3-5-7-9(12(17)18)13-11(16)10-8(6-4-2)14-15-19-10/h9H,3-7H2,1-2H3,(H,13,16)(H,17,18)/t9-/m0/s1. The zero-order chi connectivity index (χ0) is 14.3. The summed E-state index contributed by atoms with van der Waals surface area (Å²) < 4.78 is 3.76. The zero-order valence-corrected chi connectivity index (χ0v) is 12.0. The Kier molecular flexibility index (Phi) is 6.41. The van der Waals surface area contributed by atoms with Gasteiger partial charge in [0, 0.05) is 0 Å². The Bertz CT molecular complexity index is 434. The van der Waals surface area contributed by atoms with E-state index < -0.39 is 12.0 Å². The molecule has 2 N–H and O–H groups in total. The van der Waals surface area contributed by atoms with Crippen molar-refractivity contribution in [1.29, 1.82) is 0 Å². The van der Waals surface area contributed by atoms with Crippen LogP contribution in [-0.2, 0) is 11.2 Å². The van der Waals surface area contributed by atoms with Crippen LogP contribution in [0.3, 0.4) is 0 Å². The van der Waals surface area contributed by atoms with E-state index in [2.05, 4.69) is 14.9 Å². The molecule has 106 valence electrons. The Hall–Kier alpha value is -1.50. The quantitative estimate of drug-likeness (QED) is 0.760. The van der Waals surface area contributed by atoms with E-state index in [-0.39, 0.29) is 5.91 Å². The van der Waals surface area contributed by atoms with Crippen molar-refractivity contribution in [2.45, 2.75) is 52.0 Å². The molecule has 0 saturated heterocycles. The van der Waals surface area contributed by atoms with E-state index in [9.17, 15) is 9.59 Å². The molecule has 1 rings (SSSR count). The molecule has 0 unspecified atom stereocenters. The van der Waals surface area contributed by atoms with Crippen LogP contribution in [-0.4, -0.2) is 32.6 Å². The molecule has 0 saturated carbocycles. The molecule has 1 amide bonds. The maximum Gasteiger partial charge on any atom is 0.326 e. The van der Waals surface area contributed by atoms with Gasteiger partial charge in [-0.3, -0.25) is 4.79 Å². The lowest BCUT2D eigenvalue weighted by Crippen LogP contribution is -2.40. The third-order valence-electron chi connectivity index (χ3n) is 2.70. The maximum absolute atomic E-state index is 12.0. The molecule has 1 aromatic rings. The first kappa shape index (κ1) is 15.6. The van der Waals surface area contributed by atoms with E-state index in [1.165, 1.54) is 0 Å². The molecule has 0 aromatic carbocycles. The van der Waals surface area contributed by atoms with Gasteiger partial charge in [0.05, 0.1) is 5.69 Å². The number of nitrogens with zero attached hydrogens (tertiary/aromatic N) is 2. The summed E-state index contributed by atoms with van der Waals surface area (Å²) in [7, 11) is 0. The lowest BCUT2D eigenvalue weighted by atomic mass is 10.1. The predicted octanol–water partition coefficient (Wildman–Crippen LogP) is 1.86. The zero-order valence-electron chi connectivity index (χ0n) is 11.2. The van der Waals surface area contributed by atoms with Crippen LogP contribution in [0.5, 0.6) is 0 Å². The Labute approximate surface area is 116 Å². The molecule has 0 aliphatic heterocycles. The highest BCUT2D eigenvalue weighted by atomic mass is 32.1. The van der Waals surface area contributed by atoms with Crippen LogP contribution in [0.15, 0.2) is 0 Å². The fourth-order valence-electron chi connectivity index (χ4n) is 1.67. The molecule has 1 atom stereocenters. The van der Waals surface area contributed by atoms with E-state index in [0.717, 1.165) is 30.8 Å².